The van der Waals surface area contributed by atoms with Gasteiger partial charge in [-0.25, -0.2) is 0 Å². The van der Waals surface area contributed by atoms with Gasteiger partial charge >= 0.3 is 0 Å². The van der Waals surface area contributed by atoms with E-state index in [0.717, 1.165) is 11.4 Å². The first-order valence-electron chi connectivity index (χ1n) is 7.42. The molecule has 0 N–H and O–H groups in total. The number of hydrogen-bond donors (Lipinski definition) is 0. The molecule has 0 radical (unpaired) electrons. The highest BCUT2D eigenvalue weighted by molar-refractivity contribution is 9.08. The average Bonchev–Trinajstić information content (AvgIpc) is 2.76. The van der Waals surface area contributed by atoms with Crippen LogP contribution in [0.15, 0.2) is 18.2 Å². The monoisotopic (exact) mass is 322 g/mol. The Morgan fingerprint density at radius 2 is 2.05 bits per heavy atom. The maximum atomic E-state index is 3.65. The van der Waals surface area contributed by atoms with Crippen LogP contribution >= 0.6 is 15.9 Å². The predicted molar refractivity (Wildman–Crippen MR) is 85.2 cm³/mol. The van der Waals surface area contributed by atoms with Crippen molar-refractivity contribution >= 4 is 21.6 Å². The Bertz CT molecular complexity index is 446. The minimum Gasteiger partial charge on any atom is -0.370 e. The number of halogens is 1. The molecule has 3 heteroatoms. The Morgan fingerprint density at radius 3 is 2.89 bits per heavy atom. The molecule has 1 atom stereocenters. The molecule has 2 heterocycles. The van der Waals surface area contributed by atoms with Crippen LogP contribution in [0.4, 0.5) is 5.69 Å². The molecule has 3 rings (SSSR count). The highest BCUT2D eigenvalue weighted by atomic mass is 79.9. The van der Waals surface area contributed by atoms with Gasteiger partial charge in [0, 0.05) is 36.7 Å². The van der Waals surface area contributed by atoms with Crippen LogP contribution in [-0.2, 0) is 5.33 Å². The molecule has 2 fully saturated rings. The van der Waals surface area contributed by atoms with Crippen LogP contribution in [0.1, 0.15) is 30.4 Å². The standard InChI is InChI=1S/C16H23BrN2/c1-13-5-6-16(14(10-13)11-17)19-9-3-8-18-7-2-4-15(18)12-19/h5-6,10,15H,2-4,7-9,11-12H2,1H3. The van der Waals surface area contributed by atoms with Gasteiger partial charge in [-0.15, -0.1) is 0 Å². The molecule has 1 aromatic carbocycles. The number of aryl methyl sites for hydroxylation is 1. The Balaban J connectivity index is 1.84. The first kappa shape index (κ1) is 13.4. The van der Waals surface area contributed by atoms with Crippen molar-refractivity contribution < 1.29 is 0 Å². The third-order valence-electron chi connectivity index (χ3n) is 4.52. The Hall–Kier alpha value is -0.540. The van der Waals surface area contributed by atoms with E-state index in [1.54, 1.807) is 0 Å². The van der Waals surface area contributed by atoms with Crippen LogP contribution in [0.25, 0.3) is 0 Å². The number of hydrogen-bond acceptors (Lipinski definition) is 2. The number of benzene rings is 1. The molecule has 0 aromatic heterocycles. The quantitative estimate of drug-likeness (QED) is 0.768. The molecular formula is C16H23BrN2. The molecule has 0 bridgehead atoms. The summed E-state index contributed by atoms with van der Waals surface area (Å²) in [6, 6.07) is 7.67. The summed E-state index contributed by atoms with van der Waals surface area (Å²) in [5, 5.41) is 0.953. The van der Waals surface area contributed by atoms with Gasteiger partial charge in [0.2, 0.25) is 0 Å². The molecule has 2 aliphatic rings. The molecule has 2 saturated heterocycles. The number of rotatable bonds is 2. The molecule has 2 nitrogen and oxygen atoms in total. The number of nitrogens with zero attached hydrogens (tertiary/aromatic N) is 2. The van der Waals surface area contributed by atoms with Gasteiger partial charge in [0.1, 0.15) is 0 Å². The fourth-order valence-electron chi connectivity index (χ4n) is 3.56. The molecule has 0 aliphatic carbocycles. The maximum Gasteiger partial charge on any atom is 0.0408 e. The zero-order chi connectivity index (χ0) is 13.2. The Labute approximate surface area is 124 Å². The zero-order valence-corrected chi connectivity index (χ0v) is 13.3. The SMILES string of the molecule is Cc1ccc(N2CCCN3CCCC3C2)c(CBr)c1. The molecule has 0 amide bonds. The summed E-state index contributed by atoms with van der Waals surface area (Å²) in [7, 11) is 0. The van der Waals surface area contributed by atoms with Gasteiger partial charge in [-0.1, -0.05) is 33.6 Å². The maximum absolute atomic E-state index is 3.65. The smallest absolute Gasteiger partial charge is 0.0408 e. The molecule has 2 aliphatic heterocycles. The minimum absolute atomic E-state index is 0.784. The van der Waals surface area contributed by atoms with E-state index in [-0.39, 0.29) is 0 Å². The third-order valence-corrected chi connectivity index (χ3v) is 5.13. The van der Waals surface area contributed by atoms with Gasteiger partial charge < -0.3 is 4.90 Å². The van der Waals surface area contributed by atoms with Gasteiger partial charge in [0.25, 0.3) is 0 Å². The highest BCUT2D eigenvalue weighted by Gasteiger charge is 2.29. The highest BCUT2D eigenvalue weighted by Crippen LogP contribution is 2.29. The topological polar surface area (TPSA) is 6.48 Å². The number of anilines is 1. The zero-order valence-electron chi connectivity index (χ0n) is 11.7. The van der Waals surface area contributed by atoms with Crippen molar-refractivity contribution in [2.45, 2.75) is 37.6 Å². The van der Waals surface area contributed by atoms with E-state index < -0.39 is 0 Å². The van der Waals surface area contributed by atoms with Crippen molar-refractivity contribution in [1.82, 2.24) is 4.90 Å². The predicted octanol–water partition coefficient (Wildman–Crippen LogP) is 3.56. The summed E-state index contributed by atoms with van der Waals surface area (Å²) in [6.07, 6.45) is 4.07. The van der Waals surface area contributed by atoms with E-state index in [1.165, 1.54) is 62.3 Å². The second kappa shape index (κ2) is 5.84. The van der Waals surface area contributed by atoms with Crippen molar-refractivity contribution in [3.05, 3.63) is 29.3 Å². The van der Waals surface area contributed by atoms with E-state index in [2.05, 4.69) is 50.9 Å². The Morgan fingerprint density at radius 1 is 1.21 bits per heavy atom. The van der Waals surface area contributed by atoms with Crippen molar-refractivity contribution in [3.8, 4) is 0 Å². The van der Waals surface area contributed by atoms with Crippen LogP contribution in [0.5, 0.6) is 0 Å². The summed E-state index contributed by atoms with van der Waals surface area (Å²) >= 11 is 3.65. The van der Waals surface area contributed by atoms with E-state index in [9.17, 15) is 0 Å². The molecule has 19 heavy (non-hydrogen) atoms. The summed E-state index contributed by atoms with van der Waals surface area (Å²) in [5.74, 6) is 0. The summed E-state index contributed by atoms with van der Waals surface area (Å²) in [4.78, 5) is 5.31. The first-order chi connectivity index (χ1) is 9.28. The second-order valence-electron chi connectivity index (χ2n) is 5.90. The van der Waals surface area contributed by atoms with Crippen molar-refractivity contribution in [2.75, 3.05) is 31.1 Å². The first-order valence-corrected chi connectivity index (χ1v) is 8.54. The van der Waals surface area contributed by atoms with Crippen LogP contribution in [0.2, 0.25) is 0 Å². The number of fused-ring (bicyclic) bond motifs is 1. The van der Waals surface area contributed by atoms with E-state index in [1.807, 2.05) is 0 Å². The van der Waals surface area contributed by atoms with Crippen molar-refractivity contribution in [2.24, 2.45) is 0 Å². The van der Waals surface area contributed by atoms with Gasteiger partial charge in [0.15, 0.2) is 0 Å². The molecule has 1 unspecified atom stereocenters. The van der Waals surface area contributed by atoms with Crippen molar-refractivity contribution in [3.63, 3.8) is 0 Å². The molecule has 0 saturated carbocycles. The Kier molecular flexibility index (Phi) is 4.13. The summed E-state index contributed by atoms with van der Waals surface area (Å²) in [6.45, 7) is 7.20. The molecular weight excluding hydrogens is 300 g/mol. The molecule has 104 valence electrons. The normalized spacial score (nSPS) is 24.3. The van der Waals surface area contributed by atoms with E-state index >= 15 is 0 Å². The lowest BCUT2D eigenvalue weighted by Gasteiger charge is -2.29. The van der Waals surface area contributed by atoms with Crippen LogP contribution in [-0.4, -0.2) is 37.1 Å². The largest absolute Gasteiger partial charge is 0.370 e. The van der Waals surface area contributed by atoms with Crippen LogP contribution in [0, 0.1) is 6.92 Å². The van der Waals surface area contributed by atoms with Gasteiger partial charge in [-0.2, -0.15) is 0 Å². The number of alkyl halides is 1. The second-order valence-corrected chi connectivity index (χ2v) is 6.46. The molecule has 0 spiro atoms. The van der Waals surface area contributed by atoms with E-state index in [0.29, 0.717) is 0 Å². The van der Waals surface area contributed by atoms with Gasteiger partial charge in [-0.3, -0.25) is 4.90 Å². The van der Waals surface area contributed by atoms with Crippen molar-refractivity contribution in [1.29, 1.82) is 0 Å². The fraction of sp³-hybridized carbons (Fsp3) is 0.625. The van der Waals surface area contributed by atoms with Gasteiger partial charge in [0.05, 0.1) is 0 Å². The lowest BCUT2D eigenvalue weighted by Crippen LogP contribution is -2.36. The lowest BCUT2D eigenvalue weighted by molar-refractivity contribution is 0.273. The lowest BCUT2D eigenvalue weighted by atomic mass is 10.1. The minimum atomic E-state index is 0.784. The van der Waals surface area contributed by atoms with E-state index in [4.69, 9.17) is 0 Å². The summed E-state index contributed by atoms with van der Waals surface area (Å²) in [5.41, 5.74) is 4.23. The average molecular weight is 323 g/mol. The van der Waals surface area contributed by atoms with Gasteiger partial charge in [-0.05, 0) is 44.4 Å². The third kappa shape index (κ3) is 2.82. The van der Waals surface area contributed by atoms with Crippen LogP contribution < -0.4 is 4.90 Å². The molecule has 1 aromatic rings. The fourth-order valence-corrected chi connectivity index (χ4v) is 4.00. The summed E-state index contributed by atoms with van der Waals surface area (Å²) < 4.78 is 0. The van der Waals surface area contributed by atoms with Crippen LogP contribution in [0.3, 0.4) is 0 Å².